The molecule has 0 aliphatic carbocycles. The molecule has 0 radical (unpaired) electrons. The molecule has 3 aliphatic rings. The molecule has 8 nitrogen and oxygen atoms in total. The number of benzene rings is 2. The van der Waals surface area contributed by atoms with Gasteiger partial charge in [0.15, 0.2) is 0 Å². The van der Waals surface area contributed by atoms with Crippen molar-refractivity contribution in [2.75, 3.05) is 31.6 Å². The standard InChI is InChI=1S/C25H29N5O3/c1-17(2)16-30-23(31)21-22(27(3)25(30)32)26-24-28(14-7-15-29(21)24)18-10-12-20(13-11-18)33-19-8-5-4-6-9-19/h4-6,8-13,21-22,24,26H,1,7,14-16H2,2-3H3. The van der Waals surface area contributed by atoms with E-state index in [1.54, 1.807) is 11.9 Å². The van der Waals surface area contributed by atoms with Crippen LogP contribution in [0.5, 0.6) is 11.5 Å². The smallest absolute Gasteiger partial charge is 0.328 e. The Morgan fingerprint density at radius 1 is 1.06 bits per heavy atom. The van der Waals surface area contributed by atoms with E-state index < -0.39 is 6.04 Å². The number of carbonyl (C=O) groups excluding carboxylic acids is 2. The van der Waals surface area contributed by atoms with E-state index in [9.17, 15) is 9.59 Å². The summed E-state index contributed by atoms with van der Waals surface area (Å²) in [6.45, 7) is 7.60. The first-order valence-corrected chi connectivity index (χ1v) is 11.3. The van der Waals surface area contributed by atoms with Gasteiger partial charge in [0, 0.05) is 25.8 Å². The molecule has 0 aromatic heterocycles. The fourth-order valence-electron chi connectivity index (χ4n) is 4.93. The molecule has 3 fully saturated rings. The van der Waals surface area contributed by atoms with E-state index in [0.29, 0.717) is 0 Å². The predicted octanol–water partition coefficient (Wildman–Crippen LogP) is 3.04. The highest BCUT2D eigenvalue weighted by Gasteiger charge is 2.55. The topological polar surface area (TPSA) is 68.4 Å². The van der Waals surface area contributed by atoms with E-state index >= 15 is 0 Å². The fourth-order valence-corrected chi connectivity index (χ4v) is 4.93. The Morgan fingerprint density at radius 2 is 1.76 bits per heavy atom. The fraction of sp³-hybridized carbons (Fsp3) is 0.360. The number of hydrogen-bond acceptors (Lipinski definition) is 6. The van der Waals surface area contributed by atoms with Crippen molar-refractivity contribution in [3.63, 3.8) is 0 Å². The average Bonchev–Trinajstić information content (AvgIpc) is 3.22. The molecule has 8 heteroatoms. The van der Waals surface area contributed by atoms with Crippen LogP contribution < -0.4 is 15.0 Å². The van der Waals surface area contributed by atoms with Crippen LogP contribution in [0.15, 0.2) is 66.7 Å². The van der Waals surface area contributed by atoms with Gasteiger partial charge in [0.1, 0.15) is 30.0 Å². The van der Waals surface area contributed by atoms with Crippen LogP contribution in [-0.4, -0.2) is 71.8 Å². The van der Waals surface area contributed by atoms with E-state index in [2.05, 4.69) is 21.7 Å². The number of carbonyl (C=O) groups is 2. The highest BCUT2D eigenvalue weighted by Crippen LogP contribution is 2.34. The number of fused-ring (bicyclic) bond motifs is 3. The number of para-hydroxylation sites is 1. The molecular formula is C25H29N5O3. The minimum absolute atomic E-state index is 0.158. The summed E-state index contributed by atoms with van der Waals surface area (Å²) in [6.07, 6.45) is 0.394. The summed E-state index contributed by atoms with van der Waals surface area (Å²) in [6, 6.07) is 17.0. The van der Waals surface area contributed by atoms with Crippen molar-refractivity contribution in [3.05, 3.63) is 66.7 Å². The second-order valence-electron chi connectivity index (χ2n) is 8.90. The maximum Gasteiger partial charge on any atom is 0.328 e. The van der Waals surface area contributed by atoms with Gasteiger partial charge in [-0.15, -0.1) is 0 Å². The van der Waals surface area contributed by atoms with Crippen molar-refractivity contribution in [1.82, 2.24) is 20.0 Å². The van der Waals surface area contributed by atoms with Gasteiger partial charge in [0.2, 0.25) is 0 Å². The van der Waals surface area contributed by atoms with Gasteiger partial charge in [-0.2, -0.15) is 0 Å². The van der Waals surface area contributed by atoms with Crippen LogP contribution in [-0.2, 0) is 4.79 Å². The molecule has 3 unspecified atom stereocenters. The maximum absolute atomic E-state index is 13.3. The van der Waals surface area contributed by atoms with E-state index in [1.807, 2.05) is 61.5 Å². The summed E-state index contributed by atoms with van der Waals surface area (Å²) >= 11 is 0. The molecule has 2 aromatic rings. The van der Waals surface area contributed by atoms with Crippen LogP contribution in [0.1, 0.15) is 13.3 Å². The van der Waals surface area contributed by atoms with Crippen molar-refractivity contribution < 1.29 is 14.3 Å². The zero-order chi connectivity index (χ0) is 23.1. The van der Waals surface area contributed by atoms with Crippen molar-refractivity contribution in [3.8, 4) is 11.5 Å². The van der Waals surface area contributed by atoms with Gasteiger partial charge in [-0.3, -0.25) is 19.9 Å². The molecule has 3 heterocycles. The van der Waals surface area contributed by atoms with Crippen molar-refractivity contribution >= 4 is 17.6 Å². The molecular weight excluding hydrogens is 418 g/mol. The average molecular weight is 448 g/mol. The number of hydrogen-bond donors (Lipinski definition) is 1. The summed E-state index contributed by atoms with van der Waals surface area (Å²) in [7, 11) is 1.75. The number of likely N-dealkylation sites (N-methyl/N-ethyl adjacent to an activating group) is 1. The zero-order valence-electron chi connectivity index (χ0n) is 19.0. The normalized spacial score (nSPS) is 25.2. The van der Waals surface area contributed by atoms with E-state index in [0.717, 1.165) is 42.3 Å². The number of anilines is 1. The molecule has 172 valence electrons. The van der Waals surface area contributed by atoms with E-state index in [1.165, 1.54) is 4.90 Å². The lowest BCUT2D eigenvalue weighted by Crippen LogP contribution is -2.66. The lowest BCUT2D eigenvalue weighted by Gasteiger charge is -2.44. The Morgan fingerprint density at radius 3 is 2.45 bits per heavy atom. The Labute approximate surface area is 194 Å². The summed E-state index contributed by atoms with van der Waals surface area (Å²) < 4.78 is 5.92. The number of nitrogens with zero attached hydrogens (tertiary/aromatic N) is 4. The van der Waals surface area contributed by atoms with Crippen LogP contribution in [0, 0.1) is 0 Å². The Hall–Kier alpha value is -3.36. The number of ether oxygens (including phenoxy) is 1. The summed E-state index contributed by atoms with van der Waals surface area (Å²) in [4.78, 5) is 33.6. The van der Waals surface area contributed by atoms with Gasteiger partial charge in [-0.05, 0) is 49.7 Å². The third-order valence-electron chi connectivity index (χ3n) is 6.45. The summed E-state index contributed by atoms with van der Waals surface area (Å²) in [5.41, 5.74) is 1.82. The summed E-state index contributed by atoms with van der Waals surface area (Å²) in [5, 5.41) is 3.54. The van der Waals surface area contributed by atoms with Crippen LogP contribution in [0.25, 0.3) is 0 Å². The highest BCUT2D eigenvalue weighted by atomic mass is 16.5. The molecule has 1 N–H and O–H groups in total. The second-order valence-corrected chi connectivity index (χ2v) is 8.90. The van der Waals surface area contributed by atoms with Gasteiger partial charge < -0.3 is 14.5 Å². The molecule has 3 saturated heterocycles. The molecule has 3 aliphatic heterocycles. The first-order valence-electron chi connectivity index (χ1n) is 11.3. The van der Waals surface area contributed by atoms with Gasteiger partial charge >= 0.3 is 6.03 Å². The van der Waals surface area contributed by atoms with Gasteiger partial charge in [0.05, 0.1) is 6.54 Å². The lowest BCUT2D eigenvalue weighted by molar-refractivity contribution is -0.138. The Bertz CT molecular complexity index is 1060. The third-order valence-corrected chi connectivity index (χ3v) is 6.45. The zero-order valence-corrected chi connectivity index (χ0v) is 19.0. The van der Waals surface area contributed by atoms with Crippen molar-refractivity contribution in [2.45, 2.75) is 31.8 Å². The monoisotopic (exact) mass is 447 g/mol. The van der Waals surface area contributed by atoms with Gasteiger partial charge in [-0.1, -0.05) is 30.4 Å². The molecule has 3 amide bonds. The minimum Gasteiger partial charge on any atom is -0.457 e. The number of nitrogens with one attached hydrogen (secondary N) is 1. The maximum atomic E-state index is 13.3. The van der Waals surface area contributed by atoms with Crippen LogP contribution in [0.3, 0.4) is 0 Å². The van der Waals surface area contributed by atoms with Gasteiger partial charge in [0.25, 0.3) is 5.91 Å². The highest BCUT2D eigenvalue weighted by molar-refractivity contribution is 6.00. The first kappa shape index (κ1) is 21.5. The summed E-state index contributed by atoms with van der Waals surface area (Å²) in [5.74, 6) is 1.40. The van der Waals surface area contributed by atoms with Crippen molar-refractivity contribution in [1.29, 1.82) is 0 Å². The van der Waals surface area contributed by atoms with Crippen LogP contribution >= 0.6 is 0 Å². The SMILES string of the molecule is C=C(C)CN1C(=O)C2C(NC3N(c4ccc(Oc5ccccc5)cc4)CCCN23)N(C)C1=O. The Balaban J connectivity index is 1.36. The molecule has 0 spiro atoms. The number of amides is 3. The second kappa shape index (κ2) is 8.53. The van der Waals surface area contributed by atoms with E-state index in [-0.39, 0.29) is 30.9 Å². The molecule has 2 aromatic carbocycles. The number of rotatable bonds is 5. The van der Waals surface area contributed by atoms with Gasteiger partial charge in [-0.25, -0.2) is 4.79 Å². The lowest BCUT2D eigenvalue weighted by atomic mass is 10.1. The predicted molar refractivity (Wildman–Crippen MR) is 126 cm³/mol. The van der Waals surface area contributed by atoms with Crippen LogP contribution in [0.2, 0.25) is 0 Å². The largest absolute Gasteiger partial charge is 0.457 e. The first-order chi connectivity index (χ1) is 15.9. The quantitative estimate of drug-likeness (QED) is 0.711. The Kier molecular flexibility index (Phi) is 5.55. The molecule has 0 bridgehead atoms. The molecule has 5 rings (SSSR count). The van der Waals surface area contributed by atoms with Crippen LogP contribution in [0.4, 0.5) is 10.5 Å². The molecule has 0 saturated carbocycles. The number of urea groups is 1. The minimum atomic E-state index is -0.416. The molecule has 33 heavy (non-hydrogen) atoms. The van der Waals surface area contributed by atoms with Crippen molar-refractivity contribution in [2.24, 2.45) is 0 Å². The van der Waals surface area contributed by atoms with E-state index in [4.69, 9.17) is 4.74 Å². The number of imide groups is 1. The molecule has 3 atom stereocenters. The third kappa shape index (κ3) is 3.85.